The van der Waals surface area contributed by atoms with Crippen LogP contribution in [-0.2, 0) is 11.3 Å². The maximum absolute atomic E-state index is 11.8. The van der Waals surface area contributed by atoms with E-state index in [0.717, 1.165) is 19.9 Å². The third-order valence-corrected chi connectivity index (χ3v) is 4.75. The number of hydrogen-bond acceptors (Lipinski definition) is 3. The normalized spacial score (nSPS) is 11.0. The molecule has 2 aromatic heterocycles. The second-order valence-electron chi connectivity index (χ2n) is 4.81. The second-order valence-corrected chi connectivity index (χ2v) is 7.30. The molecule has 23 heavy (non-hydrogen) atoms. The Morgan fingerprint density at radius 2 is 2.09 bits per heavy atom. The summed E-state index contributed by atoms with van der Waals surface area (Å²) in [7, 11) is 0. The van der Waals surface area contributed by atoms with Crippen LogP contribution in [0.3, 0.4) is 0 Å². The van der Waals surface area contributed by atoms with Crippen LogP contribution in [0.4, 0.5) is 0 Å². The Hall–Kier alpha value is -2.18. The molecule has 0 fully saturated rings. The Labute approximate surface area is 146 Å². The van der Waals surface area contributed by atoms with Crippen LogP contribution in [0.15, 0.2) is 64.7 Å². The Morgan fingerprint density at radius 3 is 2.74 bits per heavy atom. The number of benzene rings is 1. The van der Waals surface area contributed by atoms with Crippen LogP contribution >= 0.6 is 27.3 Å². The molecule has 0 unspecified atom stereocenters. The molecule has 0 aliphatic heterocycles. The second kappa shape index (κ2) is 7.39. The van der Waals surface area contributed by atoms with Crippen molar-refractivity contribution in [2.75, 3.05) is 0 Å². The van der Waals surface area contributed by atoms with Crippen LogP contribution in [0.25, 0.3) is 11.8 Å². The van der Waals surface area contributed by atoms with E-state index >= 15 is 0 Å². The summed E-state index contributed by atoms with van der Waals surface area (Å²) in [6, 6.07) is 13.7. The highest BCUT2D eigenvalue weighted by Gasteiger charge is 2.00. The summed E-state index contributed by atoms with van der Waals surface area (Å²) >= 11 is 4.98. The lowest BCUT2D eigenvalue weighted by Crippen LogP contribution is -2.20. The van der Waals surface area contributed by atoms with Gasteiger partial charge in [0.2, 0.25) is 5.91 Å². The van der Waals surface area contributed by atoms with Crippen molar-refractivity contribution in [3.8, 4) is 5.69 Å². The average Bonchev–Trinajstić information content (AvgIpc) is 3.23. The molecule has 1 aromatic carbocycles. The topological polar surface area (TPSA) is 46.9 Å². The molecule has 2 heterocycles. The number of nitrogens with one attached hydrogen (secondary N) is 1. The maximum Gasteiger partial charge on any atom is 0.244 e. The van der Waals surface area contributed by atoms with Gasteiger partial charge in [0.15, 0.2) is 0 Å². The summed E-state index contributed by atoms with van der Waals surface area (Å²) in [6.45, 7) is 0.497. The molecule has 1 N–H and O–H groups in total. The van der Waals surface area contributed by atoms with Gasteiger partial charge in [0, 0.05) is 29.9 Å². The van der Waals surface area contributed by atoms with Crippen molar-refractivity contribution in [2.45, 2.75) is 6.54 Å². The molecule has 4 nitrogen and oxygen atoms in total. The minimum Gasteiger partial charge on any atom is -0.348 e. The third-order valence-electron chi connectivity index (χ3n) is 3.16. The van der Waals surface area contributed by atoms with Crippen molar-refractivity contribution in [1.82, 2.24) is 15.1 Å². The summed E-state index contributed by atoms with van der Waals surface area (Å²) in [5.41, 5.74) is 2.04. The summed E-state index contributed by atoms with van der Waals surface area (Å²) in [5, 5.41) is 7.06. The number of carbonyl (C=O) groups is 1. The van der Waals surface area contributed by atoms with E-state index in [0.29, 0.717) is 6.54 Å². The Kier molecular flexibility index (Phi) is 5.05. The number of hydrogen-bond donors (Lipinski definition) is 1. The summed E-state index contributed by atoms with van der Waals surface area (Å²) < 4.78 is 2.85. The molecular weight excluding hydrogens is 374 g/mol. The molecule has 0 aliphatic carbocycles. The van der Waals surface area contributed by atoms with Crippen LogP contribution in [0, 0.1) is 0 Å². The summed E-state index contributed by atoms with van der Waals surface area (Å²) in [6.07, 6.45) is 7.00. The van der Waals surface area contributed by atoms with Crippen molar-refractivity contribution in [2.24, 2.45) is 0 Å². The Morgan fingerprint density at radius 1 is 1.26 bits per heavy atom. The van der Waals surface area contributed by atoms with E-state index in [1.165, 1.54) is 0 Å². The van der Waals surface area contributed by atoms with Gasteiger partial charge in [-0.05, 0) is 57.9 Å². The van der Waals surface area contributed by atoms with Gasteiger partial charge in [-0.2, -0.15) is 5.10 Å². The number of amides is 1. The minimum absolute atomic E-state index is 0.106. The first kappa shape index (κ1) is 15.7. The molecule has 116 valence electrons. The molecule has 3 aromatic rings. The van der Waals surface area contributed by atoms with E-state index in [1.54, 1.807) is 28.3 Å². The van der Waals surface area contributed by atoms with Crippen molar-refractivity contribution < 1.29 is 4.79 Å². The Balaban J connectivity index is 1.53. The fourth-order valence-corrected chi connectivity index (χ4v) is 3.34. The zero-order chi connectivity index (χ0) is 16.1. The fourth-order valence-electron chi connectivity index (χ4n) is 2.01. The third kappa shape index (κ3) is 4.40. The molecule has 0 radical (unpaired) electrons. The van der Waals surface area contributed by atoms with Crippen LogP contribution < -0.4 is 5.32 Å². The minimum atomic E-state index is -0.106. The molecule has 3 rings (SSSR count). The lowest BCUT2D eigenvalue weighted by Gasteiger charge is -2.05. The van der Waals surface area contributed by atoms with E-state index in [9.17, 15) is 4.79 Å². The van der Waals surface area contributed by atoms with E-state index in [4.69, 9.17) is 0 Å². The van der Waals surface area contributed by atoms with Crippen molar-refractivity contribution in [3.05, 3.63) is 75.2 Å². The smallest absolute Gasteiger partial charge is 0.244 e. The number of rotatable bonds is 5. The SMILES string of the molecule is O=C(C=Cc1ccc(Br)s1)NCc1ccc(-n2cccn2)cc1. The molecule has 1 amide bonds. The van der Waals surface area contributed by atoms with Gasteiger partial charge in [0.1, 0.15) is 0 Å². The largest absolute Gasteiger partial charge is 0.348 e. The summed E-state index contributed by atoms with van der Waals surface area (Å²) in [4.78, 5) is 12.9. The van der Waals surface area contributed by atoms with Crippen molar-refractivity contribution >= 4 is 39.2 Å². The van der Waals surface area contributed by atoms with Crippen molar-refractivity contribution in [3.63, 3.8) is 0 Å². The quantitative estimate of drug-likeness (QED) is 0.671. The van der Waals surface area contributed by atoms with Gasteiger partial charge >= 0.3 is 0 Å². The molecular formula is C17H14BrN3OS. The molecule has 6 heteroatoms. The van der Waals surface area contributed by atoms with Gasteiger partial charge in [-0.3, -0.25) is 4.79 Å². The zero-order valence-corrected chi connectivity index (χ0v) is 14.5. The monoisotopic (exact) mass is 387 g/mol. The number of thiophene rings is 1. The van der Waals surface area contributed by atoms with E-state index in [-0.39, 0.29) is 5.91 Å². The first-order valence-corrected chi connectivity index (χ1v) is 8.62. The van der Waals surface area contributed by atoms with Crippen molar-refractivity contribution in [1.29, 1.82) is 0 Å². The van der Waals surface area contributed by atoms with Crippen LogP contribution in [0.1, 0.15) is 10.4 Å². The fraction of sp³-hybridized carbons (Fsp3) is 0.0588. The van der Waals surface area contributed by atoms with E-state index < -0.39 is 0 Å². The predicted molar refractivity (Wildman–Crippen MR) is 96.5 cm³/mol. The standard InChI is InChI=1S/C17H14BrN3OS/c18-16-8-6-15(23-16)7-9-17(22)19-12-13-2-4-14(5-3-13)21-11-1-10-20-21/h1-11H,12H2,(H,19,22). The van der Waals surface area contributed by atoms with Gasteiger partial charge in [0.25, 0.3) is 0 Å². The Bertz CT molecular complexity index is 807. The number of aromatic nitrogens is 2. The first-order chi connectivity index (χ1) is 11.2. The summed E-state index contributed by atoms with van der Waals surface area (Å²) in [5.74, 6) is -0.106. The van der Waals surface area contributed by atoms with Gasteiger partial charge in [-0.15, -0.1) is 11.3 Å². The van der Waals surface area contributed by atoms with Crippen LogP contribution in [0.2, 0.25) is 0 Å². The van der Waals surface area contributed by atoms with Crippen LogP contribution in [0.5, 0.6) is 0 Å². The molecule has 0 saturated heterocycles. The maximum atomic E-state index is 11.8. The van der Waals surface area contributed by atoms with E-state index in [1.807, 2.05) is 54.7 Å². The number of halogens is 1. The van der Waals surface area contributed by atoms with Gasteiger partial charge < -0.3 is 5.32 Å². The molecule has 0 bridgehead atoms. The highest BCUT2D eigenvalue weighted by Crippen LogP contribution is 2.22. The number of nitrogens with zero attached hydrogens (tertiary/aromatic N) is 2. The lowest BCUT2D eigenvalue weighted by atomic mass is 10.2. The highest BCUT2D eigenvalue weighted by atomic mass is 79.9. The molecule has 0 saturated carbocycles. The van der Waals surface area contributed by atoms with Crippen LogP contribution in [-0.4, -0.2) is 15.7 Å². The molecule has 0 atom stereocenters. The van der Waals surface area contributed by atoms with Gasteiger partial charge in [0.05, 0.1) is 9.47 Å². The molecule has 0 aliphatic rings. The predicted octanol–water partition coefficient (Wildman–Crippen LogP) is 4.03. The van der Waals surface area contributed by atoms with Gasteiger partial charge in [-0.1, -0.05) is 12.1 Å². The number of carbonyl (C=O) groups excluding carboxylic acids is 1. The lowest BCUT2D eigenvalue weighted by molar-refractivity contribution is -0.116. The zero-order valence-electron chi connectivity index (χ0n) is 12.1. The molecule has 0 spiro atoms. The first-order valence-electron chi connectivity index (χ1n) is 7.01. The average molecular weight is 388 g/mol. The van der Waals surface area contributed by atoms with Gasteiger partial charge in [-0.25, -0.2) is 4.68 Å². The van der Waals surface area contributed by atoms with E-state index in [2.05, 4.69) is 26.3 Å². The highest BCUT2D eigenvalue weighted by molar-refractivity contribution is 9.11.